The monoisotopic (exact) mass is 283 g/mol. The van der Waals surface area contributed by atoms with Crippen LogP contribution >= 0.6 is 0 Å². The molecule has 0 fully saturated rings. The van der Waals surface area contributed by atoms with Crippen LogP contribution in [0.5, 0.6) is 5.75 Å². The molecule has 0 spiro atoms. The number of hydrogen-bond donors (Lipinski definition) is 2. The van der Waals surface area contributed by atoms with Gasteiger partial charge in [-0.3, -0.25) is 14.9 Å². The van der Waals surface area contributed by atoms with E-state index in [0.29, 0.717) is 18.7 Å². The van der Waals surface area contributed by atoms with Gasteiger partial charge in [0.15, 0.2) is 0 Å². The van der Waals surface area contributed by atoms with E-state index in [1.807, 2.05) is 0 Å². The molecule has 1 atom stereocenters. The molecule has 1 aromatic rings. The molecule has 3 N–H and O–H groups in total. The Bertz CT molecular complexity index is 492. The van der Waals surface area contributed by atoms with Gasteiger partial charge in [0.2, 0.25) is 5.91 Å². The Kier molecular flexibility index (Phi) is 5.88. The first-order valence-corrected chi connectivity index (χ1v) is 5.87. The molecule has 0 radical (unpaired) electrons. The second-order valence-corrected chi connectivity index (χ2v) is 4.02. The summed E-state index contributed by atoms with van der Waals surface area (Å²) in [4.78, 5) is 21.9. The number of nitro groups is 1. The van der Waals surface area contributed by atoms with Crippen LogP contribution in [0.4, 0.5) is 11.4 Å². The summed E-state index contributed by atoms with van der Waals surface area (Å²) >= 11 is 0. The van der Waals surface area contributed by atoms with Crippen molar-refractivity contribution in [2.24, 2.45) is 5.73 Å². The van der Waals surface area contributed by atoms with E-state index >= 15 is 0 Å². The number of carbonyl (C=O) groups is 1. The van der Waals surface area contributed by atoms with Crippen molar-refractivity contribution in [3.63, 3.8) is 0 Å². The summed E-state index contributed by atoms with van der Waals surface area (Å²) < 4.78 is 9.85. The number of nitrogens with zero attached hydrogens (tertiary/aromatic N) is 1. The van der Waals surface area contributed by atoms with Crippen molar-refractivity contribution in [3.05, 3.63) is 28.3 Å². The molecule has 1 amide bonds. The van der Waals surface area contributed by atoms with Gasteiger partial charge >= 0.3 is 0 Å². The minimum Gasteiger partial charge on any atom is -0.494 e. The van der Waals surface area contributed by atoms with Gasteiger partial charge in [0.1, 0.15) is 5.75 Å². The Morgan fingerprint density at radius 3 is 2.75 bits per heavy atom. The minimum atomic E-state index is -0.727. The summed E-state index contributed by atoms with van der Waals surface area (Å²) in [6.45, 7) is 0.367. The van der Waals surface area contributed by atoms with E-state index in [1.165, 1.54) is 32.4 Å². The molecule has 0 heterocycles. The van der Waals surface area contributed by atoms with E-state index in [-0.39, 0.29) is 11.4 Å². The molecular weight excluding hydrogens is 266 g/mol. The number of anilines is 1. The minimum absolute atomic E-state index is 0.122. The van der Waals surface area contributed by atoms with E-state index < -0.39 is 16.9 Å². The fraction of sp³-hybridized carbons (Fsp3) is 0.417. The number of carbonyl (C=O) groups excluding carboxylic acids is 1. The van der Waals surface area contributed by atoms with E-state index in [9.17, 15) is 14.9 Å². The van der Waals surface area contributed by atoms with Crippen molar-refractivity contribution in [1.82, 2.24) is 0 Å². The van der Waals surface area contributed by atoms with Gasteiger partial charge in [0.05, 0.1) is 29.8 Å². The fourth-order valence-electron chi connectivity index (χ4n) is 1.50. The zero-order valence-corrected chi connectivity index (χ0v) is 11.3. The van der Waals surface area contributed by atoms with Crippen molar-refractivity contribution in [1.29, 1.82) is 0 Å². The van der Waals surface area contributed by atoms with Gasteiger partial charge in [0.25, 0.3) is 5.69 Å². The number of rotatable bonds is 7. The smallest absolute Gasteiger partial charge is 0.273 e. The van der Waals surface area contributed by atoms with Crippen molar-refractivity contribution in [3.8, 4) is 5.75 Å². The zero-order chi connectivity index (χ0) is 15.1. The first-order valence-electron chi connectivity index (χ1n) is 5.87. The Morgan fingerprint density at radius 1 is 1.50 bits per heavy atom. The molecule has 0 aromatic heterocycles. The summed E-state index contributed by atoms with van der Waals surface area (Å²) in [5.41, 5.74) is 5.89. The molecule has 8 nitrogen and oxygen atoms in total. The summed E-state index contributed by atoms with van der Waals surface area (Å²) in [7, 11) is 2.88. The third-order valence-electron chi connectivity index (χ3n) is 2.62. The molecule has 1 rings (SSSR count). The second kappa shape index (κ2) is 7.41. The molecule has 1 aromatic carbocycles. The highest BCUT2D eigenvalue weighted by Gasteiger charge is 2.17. The van der Waals surface area contributed by atoms with Crippen molar-refractivity contribution in [2.45, 2.75) is 12.5 Å². The molecule has 0 aliphatic heterocycles. The number of benzene rings is 1. The lowest BCUT2D eigenvalue weighted by Gasteiger charge is -2.13. The number of methoxy groups -OCH3 is 2. The highest BCUT2D eigenvalue weighted by molar-refractivity contribution is 5.96. The Hall–Kier alpha value is -2.19. The van der Waals surface area contributed by atoms with E-state index in [2.05, 4.69) is 5.32 Å². The largest absolute Gasteiger partial charge is 0.494 e. The summed E-state index contributed by atoms with van der Waals surface area (Å²) in [6, 6.07) is 3.18. The normalized spacial score (nSPS) is 11.8. The fourth-order valence-corrected chi connectivity index (χ4v) is 1.50. The molecule has 20 heavy (non-hydrogen) atoms. The third-order valence-corrected chi connectivity index (χ3v) is 2.62. The molecular formula is C12H17N3O5. The average molecular weight is 283 g/mol. The number of nitrogens with two attached hydrogens (primary N) is 1. The molecule has 0 aliphatic carbocycles. The third kappa shape index (κ3) is 4.18. The summed E-state index contributed by atoms with van der Waals surface area (Å²) in [5.74, 6) is -0.208. The lowest BCUT2D eigenvalue weighted by molar-refractivity contribution is -0.384. The van der Waals surface area contributed by atoms with Crippen LogP contribution in [0.1, 0.15) is 6.42 Å². The number of nitro benzene ring substituents is 1. The highest BCUT2D eigenvalue weighted by atomic mass is 16.6. The molecule has 0 aliphatic rings. The van der Waals surface area contributed by atoms with E-state index in [1.54, 1.807) is 0 Å². The van der Waals surface area contributed by atoms with Crippen LogP contribution in [-0.4, -0.2) is 37.7 Å². The van der Waals surface area contributed by atoms with Gasteiger partial charge in [0, 0.05) is 19.8 Å². The highest BCUT2D eigenvalue weighted by Crippen LogP contribution is 2.29. The van der Waals surface area contributed by atoms with Gasteiger partial charge in [-0.25, -0.2) is 0 Å². The van der Waals surface area contributed by atoms with Crippen LogP contribution in [0.2, 0.25) is 0 Å². The Morgan fingerprint density at radius 2 is 2.20 bits per heavy atom. The Balaban J connectivity index is 2.81. The second-order valence-electron chi connectivity index (χ2n) is 4.02. The summed E-state index contributed by atoms with van der Waals surface area (Å²) in [6.07, 6.45) is 0.373. The van der Waals surface area contributed by atoms with Gasteiger partial charge in [-0.2, -0.15) is 0 Å². The SMILES string of the molecule is COCCC(N)C(=O)Nc1ccc([N+](=O)[O-])cc1OC. The van der Waals surface area contributed by atoms with Gasteiger partial charge in [-0.1, -0.05) is 0 Å². The molecule has 1 unspecified atom stereocenters. The first kappa shape index (κ1) is 15.9. The van der Waals surface area contributed by atoms with Gasteiger partial charge < -0.3 is 20.5 Å². The van der Waals surface area contributed by atoms with Crippen LogP contribution in [0.3, 0.4) is 0 Å². The molecule has 8 heteroatoms. The van der Waals surface area contributed by atoms with Crippen molar-refractivity contribution >= 4 is 17.3 Å². The topological polar surface area (TPSA) is 117 Å². The number of amides is 1. The quantitative estimate of drug-likeness (QED) is 0.567. The van der Waals surface area contributed by atoms with Crippen LogP contribution in [0, 0.1) is 10.1 Å². The standard InChI is InChI=1S/C12H17N3O5/c1-19-6-5-9(13)12(16)14-10-4-3-8(15(17)18)7-11(10)20-2/h3-4,7,9H,5-6,13H2,1-2H3,(H,14,16). The maximum absolute atomic E-state index is 11.8. The lowest BCUT2D eigenvalue weighted by Crippen LogP contribution is -2.36. The van der Waals surface area contributed by atoms with Crippen LogP contribution in [0.15, 0.2) is 18.2 Å². The number of nitrogens with one attached hydrogen (secondary N) is 1. The lowest BCUT2D eigenvalue weighted by atomic mass is 10.2. The Labute approximate surface area is 116 Å². The number of hydrogen-bond acceptors (Lipinski definition) is 6. The predicted octanol–water partition coefficient (Wildman–Crippen LogP) is 0.906. The molecule has 110 valence electrons. The molecule has 0 saturated carbocycles. The maximum atomic E-state index is 11.8. The zero-order valence-electron chi connectivity index (χ0n) is 11.3. The van der Waals surface area contributed by atoms with E-state index in [0.717, 1.165) is 0 Å². The average Bonchev–Trinajstić information content (AvgIpc) is 2.44. The molecule has 0 bridgehead atoms. The summed E-state index contributed by atoms with van der Waals surface area (Å²) in [5, 5.41) is 13.2. The van der Waals surface area contributed by atoms with Crippen LogP contribution in [-0.2, 0) is 9.53 Å². The van der Waals surface area contributed by atoms with Gasteiger partial charge in [-0.05, 0) is 12.5 Å². The van der Waals surface area contributed by atoms with Crippen molar-refractivity contribution < 1.29 is 19.2 Å². The van der Waals surface area contributed by atoms with E-state index in [4.69, 9.17) is 15.2 Å². The number of ether oxygens (including phenoxy) is 2. The first-order chi connectivity index (χ1) is 9.49. The number of non-ortho nitro benzene ring substituents is 1. The van der Waals surface area contributed by atoms with Crippen LogP contribution < -0.4 is 15.8 Å². The predicted molar refractivity (Wildman–Crippen MR) is 72.7 cm³/mol. The maximum Gasteiger partial charge on any atom is 0.273 e. The van der Waals surface area contributed by atoms with Crippen molar-refractivity contribution in [2.75, 3.05) is 26.1 Å². The van der Waals surface area contributed by atoms with Gasteiger partial charge in [-0.15, -0.1) is 0 Å². The van der Waals surface area contributed by atoms with Crippen LogP contribution in [0.25, 0.3) is 0 Å². The molecule has 0 saturated heterocycles.